The Morgan fingerprint density at radius 3 is 2.03 bits per heavy atom. The Hall–Kier alpha value is -2.23. The second-order valence-corrected chi connectivity index (χ2v) is 10.4. The molecule has 5 aromatic carbocycles. The molecule has 3 heteroatoms. The molecular weight excluding hydrogens is 438 g/mol. The van der Waals surface area contributed by atoms with Gasteiger partial charge in [-0.05, 0) is 80.2 Å². The fraction of sp³-hybridized carbons (Fsp3) is 0.154. The molecule has 1 N–H and O–H groups in total. The lowest BCUT2D eigenvalue weighted by Crippen LogP contribution is -2.10. The highest BCUT2D eigenvalue weighted by molar-refractivity contribution is 9.10. The topological polar surface area (TPSA) is 12.0 Å². The molecule has 0 spiro atoms. The third kappa shape index (κ3) is 3.37. The fourth-order valence-corrected chi connectivity index (χ4v) is 4.90. The van der Waals surface area contributed by atoms with Gasteiger partial charge in [0.05, 0.1) is 5.69 Å². The zero-order chi connectivity index (χ0) is 20.2. The van der Waals surface area contributed by atoms with Crippen LogP contribution in [0.2, 0.25) is 0 Å². The van der Waals surface area contributed by atoms with Gasteiger partial charge in [0, 0.05) is 14.8 Å². The summed E-state index contributed by atoms with van der Waals surface area (Å²) < 4.78 is 4.67. The first-order valence-corrected chi connectivity index (χ1v) is 11.4. The van der Waals surface area contributed by atoms with Crippen molar-refractivity contribution in [3.8, 4) is 0 Å². The zero-order valence-electron chi connectivity index (χ0n) is 16.7. The molecule has 0 aliphatic rings. The molecule has 29 heavy (non-hydrogen) atoms. The third-order valence-corrected chi connectivity index (χ3v) is 6.92. The maximum Gasteiger partial charge on any atom is 0.0522 e. The predicted molar refractivity (Wildman–Crippen MR) is 132 cm³/mol. The van der Waals surface area contributed by atoms with Gasteiger partial charge < -0.3 is 4.72 Å². The average molecular weight is 460 g/mol. The number of hydrogen-bond acceptors (Lipinski definition) is 2. The van der Waals surface area contributed by atoms with Gasteiger partial charge in [0.2, 0.25) is 0 Å². The minimum atomic E-state index is 0.137. The van der Waals surface area contributed by atoms with Gasteiger partial charge >= 0.3 is 0 Å². The van der Waals surface area contributed by atoms with Crippen LogP contribution in [0.15, 0.2) is 82.2 Å². The molecule has 0 heterocycles. The Balaban J connectivity index is 1.65. The lowest BCUT2D eigenvalue weighted by atomic mass is 9.83. The van der Waals surface area contributed by atoms with Crippen molar-refractivity contribution < 1.29 is 0 Å². The van der Waals surface area contributed by atoms with Crippen molar-refractivity contribution in [1.29, 1.82) is 0 Å². The van der Waals surface area contributed by atoms with Crippen molar-refractivity contribution in [2.75, 3.05) is 4.72 Å². The molecule has 0 fully saturated rings. The number of halogens is 1. The number of anilines is 1. The summed E-state index contributed by atoms with van der Waals surface area (Å²) in [5.41, 5.74) is 2.67. The van der Waals surface area contributed by atoms with Crippen molar-refractivity contribution in [2.24, 2.45) is 0 Å². The monoisotopic (exact) mass is 459 g/mol. The van der Waals surface area contributed by atoms with Crippen molar-refractivity contribution in [1.82, 2.24) is 0 Å². The first-order valence-electron chi connectivity index (χ1n) is 9.81. The van der Waals surface area contributed by atoms with Gasteiger partial charge in [-0.3, -0.25) is 0 Å². The quantitative estimate of drug-likeness (QED) is 0.213. The second-order valence-electron chi connectivity index (χ2n) is 8.60. The van der Waals surface area contributed by atoms with Crippen molar-refractivity contribution >= 4 is 65.9 Å². The van der Waals surface area contributed by atoms with Gasteiger partial charge in [-0.1, -0.05) is 79.2 Å². The first-order chi connectivity index (χ1) is 13.9. The highest BCUT2D eigenvalue weighted by Gasteiger charge is 2.17. The minimum Gasteiger partial charge on any atom is -0.325 e. The predicted octanol–water partition coefficient (Wildman–Crippen LogP) is 8.76. The summed E-state index contributed by atoms with van der Waals surface area (Å²) in [5.74, 6) is 0. The molecule has 0 atom stereocenters. The molecule has 0 saturated heterocycles. The molecule has 144 valence electrons. The van der Waals surface area contributed by atoms with Crippen molar-refractivity contribution in [3.05, 3.63) is 82.8 Å². The number of nitrogens with one attached hydrogen (secondary N) is 1. The molecule has 5 aromatic rings. The van der Waals surface area contributed by atoms with E-state index >= 15 is 0 Å². The molecule has 0 unspecified atom stereocenters. The van der Waals surface area contributed by atoms with E-state index in [1.165, 1.54) is 42.8 Å². The number of hydrogen-bond donors (Lipinski definition) is 1. The summed E-state index contributed by atoms with van der Waals surface area (Å²) >= 11 is 5.15. The standard InChI is InChI=1S/C26H22BrNS/c1-26(2,3)19-14-17-5-4-16-7-13-23(28-29-21-10-8-20(27)9-11-21)22-12-6-18(15-19)24(17)25(16)22/h4-15,28H,1-3H3. The summed E-state index contributed by atoms with van der Waals surface area (Å²) in [5, 5.41) is 7.92. The Morgan fingerprint density at radius 2 is 1.34 bits per heavy atom. The summed E-state index contributed by atoms with van der Waals surface area (Å²) in [6, 6.07) is 26.6. The highest BCUT2D eigenvalue weighted by atomic mass is 79.9. The number of rotatable bonds is 3. The average Bonchev–Trinajstić information content (AvgIpc) is 2.71. The van der Waals surface area contributed by atoms with Crippen LogP contribution in [0.25, 0.3) is 32.3 Å². The largest absolute Gasteiger partial charge is 0.325 e. The molecule has 1 nitrogen and oxygen atoms in total. The van der Waals surface area contributed by atoms with E-state index in [4.69, 9.17) is 0 Å². The molecular formula is C26H22BrNS. The molecule has 0 bridgehead atoms. The van der Waals surface area contributed by atoms with E-state index in [1.54, 1.807) is 11.9 Å². The molecule has 0 aliphatic carbocycles. The highest BCUT2D eigenvalue weighted by Crippen LogP contribution is 2.40. The van der Waals surface area contributed by atoms with Crippen LogP contribution >= 0.6 is 27.9 Å². The van der Waals surface area contributed by atoms with E-state index in [-0.39, 0.29) is 5.41 Å². The summed E-state index contributed by atoms with van der Waals surface area (Å²) in [4.78, 5) is 1.19. The molecule has 0 saturated carbocycles. The second kappa shape index (κ2) is 6.93. The van der Waals surface area contributed by atoms with Crippen LogP contribution in [0.4, 0.5) is 5.69 Å². The van der Waals surface area contributed by atoms with Gasteiger partial charge in [0.15, 0.2) is 0 Å². The van der Waals surface area contributed by atoms with E-state index < -0.39 is 0 Å². The fourth-order valence-electron chi connectivity index (χ4n) is 3.96. The van der Waals surface area contributed by atoms with Crippen LogP contribution in [-0.4, -0.2) is 0 Å². The number of benzene rings is 5. The summed E-state index contributed by atoms with van der Waals surface area (Å²) in [6.45, 7) is 6.84. The summed E-state index contributed by atoms with van der Waals surface area (Å²) in [6.07, 6.45) is 0. The normalized spacial score (nSPS) is 12.3. The van der Waals surface area contributed by atoms with Gasteiger partial charge in [-0.2, -0.15) is 0 Å². The Bertz CT molecular complexity index is 1310. The Labute approximate surface area is 184 Å². The van der Waals surface area contributed by atoms with Gasteiger partial charge in [0.25, 0.3) is 0 Å². The molecule has 0 radical (unpaired) electrons. The van der Waals surface area contributed by atoms with Crippen molar-refractivity contribution in [3.63, 3.8) is 0 Å². The van der Waals surface area contributed by atoms with E-state index in [1.807, 2.05) is 0 Å². The van der Waals surface area contributed by atoms with Gasteiger partial charge in [-0.25, -0.2) is 0 Å². The minimum absolute atomic E-state index is 0.137. The van der Waals surface area contributed by atoms with E-state index in [0.717, 1.165) is 10.2 Å². The van der Waals surface area contributed by atoms with E-state index in [2.05, 4.69) is 114 Å². The SMILES string of the molecule is CC(C)(C)c1cc2ccc3ccc(NSc4ccc(Br)cc4)c4ccc(c1)c2c34. The molecule has 0 amide bonds. The smallest absolute Gasteiger partial charge is 0.0522 e. The van der Waals surface area contributed by atoms with Crippen LogP contribution in [0.1, 0.15) is 26.3 Å². The first kappa shape index (κ1) is 18.8. The van der Waals surface area contributed by atoms with Crippen LogP contribution in [0, 0.1) is 0 Å². The molecule has 5 rings (SSSR count). The van der Waals surface area contributed by atoms with Crippen LogP contribution in [0.3, 0.4) is 0 Å². The van der Waals surface area contributed by atoms with E-state index in [9.17, 15) is 0 Å². The molecule has 0 aromatic heterocycles. The summed E-state index contributed by atoms with van der Waals surface area (Å²) in [7, 11) is 0. The van der Waals surface area contributed by atoms with Gasteiger partial charge in [-0.15, -0.1) is 0 Å². The Morgan fingerprint density at radius 1 is 0.724 bits per heavy atom. The maximum atomic E-state index is 3.57. The van der Waals surface area contributed by atoms with Crippen LogP contribution in [-0.2, 0) is 5.41 Å². The van der Waals surface area contributed by atoms with Crippen LogP contribution in [0.5, 0.6) is 0 Å². The zero-order valence-corrected chi connectivity index (χ0v) is 19.1. The molecule has 0 aliphatic heterocycles. The Kier molecular flexibility index (Phi) is 4.49. The third-order valence-electron chi connectivity index (χ3n) is 5.56. The van der Waals surface area contributed by atoms with E-state index in [0.29, 0.717) is 0 Å². The maximum absolute atomic E-state index is 3.57. The lowest BCUT2D eigenvalue weighted by Gasteiger charge is -2.22. The van der Waals surface area contributed by atoms with Crippen LogP contribution < -0.4 is 4.72 Å². The van der Waals surface area contributed by atoms with Gasteiger partial charge in [0.1, 0.15) is 0 Å². The van der Waals surface area contributed by atoms with Crippen molar-refractivity contribution in [2.45, 2.75) is 31.1 Å². The lowest BCUT2D eigenvalue weighted by molar-refractivity contribution is 0.591.